The minimum absolute atomic E-state index is 0.00938. The van der Waals surface area contributed by atoms with E-state index in [0.717, 1.165) is 5.56 Å². The number of aliphatic hydroxyl groups is 1. The number of benzene rings is 1. The Hall–Kier alpha value is -2.08. The summed E-state index contributed by atoms with van der Waals surface area (Å²) in [6.07, 6.45) is 0.300. The summed E-state index contributed by atoms with van der Waals surface area (Å²) in [5, 5.41) is 14.2. The molecule has 0 aliphatic rings. The lowest BCUT2D eigenvalue weighted by molar-refractivity contribution is -0.114. The second-order valence-corrected chi connectivity index (χ2v) is 4.68. The molecule has 0 bridgehead atoms. The van der Waals surface area contributed by atoms with Crippen LogP contribution in [0.15, 0.2) is 24.3 Å². The van der Waals surface area contributed by atoms with Gasteiger partial charge in [0.15, 0.2) is 0 Å². The van der Waals surface area contributed by atoms with Gasteiger partial charge in [-0.3, -0.25) is 4.79 Å². The SMILES string of the molecule is CC[C@@H](CCO)OC(=O)NCc1cccc(NC(C)=O)c1. The van der Waals surface area contributed by atoms with Gasteiger partial charge in [0, 0.05) is 32.2 Å². The number of carbonyl (C=O) groups is 2. The van der Waals surface area contributed by atoms with E-state index in [1.807, 2.05) is 13.0 Å². The molecule has 21 heavy (non-hydrogen) atoms. The van der Waals surface area contributed by atoms with E-state index in [1.54, 1.807) is 18.2 Å². The number of rotatable bonds is 7. The summed E-state index contributed by atoms with van der Waals surface area (Å²) in [5.41, 5.74) is 1.54. The first-order valence-corrected chi connectivity index (χ1v) is 6.97. The van der Waals surface area contributed by atoms with Crippen molar-refractivity contribution in [2.45, 2.75) is 39.3 Å². The van der Waals surface area contributed by atoms with E-state index in [4.69, 9.17) is 9.84 Å². The summed E-state index contributed by atoms with van der Waals surface area (Å²) in [6, 6.07) is 7.20. The Kier molecular flexibility index (Phi) is 7.25. The summed E-state index contributed by atoms with van der Waals surface area (Å²) in [7, 11) is 0. The molecule has 1 rings (SSSR count). The van der Waals surface area contributed by atoms with Crippen LogP contribution in [0.4, 0.5) is 10.5 Å². The Morgan fingerprint density at radius 1 is 1.38 bits per heavy atom. The van der Waals surface area contributed by atoms with E-state index in [-0.39, 0.29) is 18.6 Å². The smallest absolute Gasteiger partial charge is 0.407 e. The van der Waals surface area contributed by atoms with E-state index < -0.39 is 6.09 Å². The molecule has 3 N–H and O–H groups in total. The molecule has 1 aromatic rings. The molecule has 1 aromatic carbocycles. The number of carbonyl (C=O) groups excluding carboxylic acids is 2. The normalized spacial score (nSPS) is 11.6. The standard InChI is InChI=1S/C15H22N2O4/c1-3-14(7-8-18)21-15(20)16-10-12-5-4-6-13(9-12)17-11(2)19/h4-6,9,14,18H,3,7-8,10H2,1-2H3,(H,16,20)(H,17,19)/t14-/m0/s1. The highest BCUT2D eigenvalue weighted by molar-refractivity contribution is 5.88. The molecular formula is C15H22N2O4. The molecule has 6 heteroatoms. The summed E-state index contributed by atoms with van der Waals surface area (Å²) in [4.78, 5) is 22.6. The molecule has 0 spiro atoms. The summed E-state index contributed by atoms with van der Waals surface area (Å²) in [5.74, 6) is -0.144. The van der Waals surface area contributed by atoms with Crippen molar-refractivity contribution >= 4 is 17.7 Å². The van der Waals surface area contributed by atoms with Crippen LogP contribution in [-0.4, -0.2) is 29.8 Å². The fraction of sp³-hybridized carbons (Fsp3) is 0.467. The quantitative estimate of drug-likeness (QED) is 0.718. The average molecular weight is 294 g/mol. The molecule has 0 radical (unpaired) electrons. The van der Waals surface area contributed by atoms with Crippen LogP contribution < -0.4 is 10.6 Å². The van der Waals surface area contributed by atoms with Crippen LogP contribution in [0.3, 0.4) is 0 Å². The molecular weight excluding hydrogens is 272 g/mol. The van der Waals surface area contributed by atoms with Crippen LogP contribution >= 0.6 is 0 Å². The Morgan fingerprint density at radius 3 is 2.76 bits per heavy atom. The molecule has 0 aliphatic carbocycles. The summed E-state index contributed by atoms with van der Waals surface area (Å²) in [6.45, 7) is 3.63. The molecule has 6 nitrogen and oxygen atoms in total. The first kappa shape index (κ1) is 17.0. The molecule has 0 unspecified atom stereocenters. The van der Waals surface area contributed by atoms with Gasteiger partial charge in [0.2, 0.25) is 5.91 Å². The lowest BCUT2D eigenvalue weighted by Crippen LogP contribution is -2.28. The van der Waals surface area contributed by atoms with Crippen molar-refractivity contribution in [1.29, 1.82) is 0 Å². The van der Waals surface area contributed by atoms with Gasteiger partial charge in [-0.25, -0.2) is 4.79 Å². The molecule has 0 saturated heterocycles. The number of aliphatic hydroxyl groups excluding tert-OH is 1. The van der Waals surface area contributed by atoms with Crippen LogP contribution in [-0.2, 0) is 16.1 Å². The number of hydrogen-bond acceptors (Lipinski definition) is 4. The Labute approximate surface area is 124 Å². The van der Waals surface area contributed by atoms with E-state index in [2.05, 4.69) is 10.6 Å². The van der Waals surface area contributed by atoms with Crippen molar-refractivity contribution in [3.8, 4) is 0 Å². The second-order valence-electron chi connectivity index (χ2n) is 4.68. The Bertz CT molecular complexity index is 476. The lowest BCUT2D eigenvalue weighted by Gasteiger charge is -2.15. The Morgan fingerprint density at radius 2 is 2.14 bits per heavy atom. The van der Waals surface area contributed by atoms with Crippen LogP contribution in [0.2, 0.25) is 0 Å². The zero-order valence-electron chi connectivity index (χ0n) is 12.4. The minimum Gasteiger partial charge on any atom is -0.446 e. The molecule has 0 aromatic heterocycles. The molecule has 0 fully saturated rings. The number of ether oxygens (including phenoxy) is 1. The van der Waals surface area contributed by atoms with Crippen LogP contribution in [0.1, 0.15) is 32.3 Å². The first-order chi connectivity index (χ1) is 10.0. The molecule has 0 aliphatic heterocycles. The van der Waals surface area contributed by atoms with E-state index >= 15 is 0 Å². The van der Waals surface area contributed by atoms with Crippen molar-refractivity contribution in [1.82, 2.24) is 5.32 Å². The predicted octanol–water partition coefficient (Wildman–Crippen LogP) is 2.03. The average Bonchev–Trinajstić information content (AvgIpc) is 2.44. The molecule has 0 saturated carbocycles. The third-order valence-corrected chi connectivity index (χ3v) is 2.86. The monoisotopic (exact) mass is 294 g/mol. The van der Waals surface area contributed by atoms with E-state index in [0.29, 0.717) is 25.1 Å². The second kappa shape index (κ2) is 8.97. The third-order valence-electron chi connectivity index (χ3n) is 2.86. The van der Waals surface area contributed by atoms with Crippen molar-refractivity contribution in [3.05, 3.63) is 29.8 Å². The third kappa shape index (κ3) is 6.76. The van der Waals surface area contributed by atoms with E-state index in [1.165, 1.54) is 6.92 Å². The van der Waals surface area contributed by atoms with Gasteiger partial charge in [-0.1, -0.05) is 19.1 Å². The van der Waals surface area contributed by atoms with Gasteiger partial charge < -0.3 is 20.5 Å². The Balaban J connectivity index is 2.47. The van der Waals surface area contributed by atoms with Gasteiger partial charge in [0.25, 0.3) is 0 Å². The van der Waals surface area contributed by atoms with Crippen molar-refractivity contribution in [3.63, 3.8) is 0 Å². The topological polar surface area (TPSA) is 87.7 Å². The van der Waals surface area contributed by atoms with Gasteiger partial charge in [0.05, 0.1) is 0 Å². The van der Waals surface area contributed by atoms with Gasteiger partial charge >= 0.3 is 6.09 Å². The molecule has 116 valence electrons. The predicted molar refractivity (Wildman–Crippen MR) is 79.8 cm³/mol. The van der Waals surface area contributed by atoms with Gasteiger partial charge in [-0.2, -0.15) is 0 Å². The zero-order valence-corrected chi connectivity index (χ0v) is 12.4. The fourth-order valence-corrected chi connectivity index (χ4v) is 1.82. The lowest BCUT2D eigenvalue weighted by atomic mass is 10.2. The van der Waals surface area contributed by atoms with Crippen LogP contribution in [0, 0.1) is 0 Å². The number of amides is 2. The highest BCUT2D eigenvalue weighted by atomic mass is 16.6. The maximum Gasteiger partial charge on any atom is 0.407 e. The maximum atomic E-state index is 11.6. The van der Waals surface area contributed by atoms with Crippen molar-refractivity contribution in [2.75, 3.05) is 11.9 Å². The number of hydrogen-bond donors (Lipinski definition) is 3. The maximum absolute atomic E-state index is 11.6. The number of alkyl carbamates (subject to hydrolysis) is 1. The van der Waals surface area contributed by atoms with Crippen molar-refractivity contribution in [2.24, 2.45) is 0 Å². The number of nitrogens with one attached hydrogen (secondary N) is 2. The van der Waals surface area contributed by atoms with Crippen LogP contribution in [0.25, 0.3) is 0 Å². The fourth-order valence-electron chi connectivity index (χ4n) is 1.82. The molecule has 0 heterocycles. The molecule has 2 amide bonds. The minimum atomic E-state index is -0.514. The first-order valence-electron chi connectivity index (χ1n) is 6.97. The summed E-state index contributed by atoms with van der Waals surface area (Å²) < 4.78 is 5.18. The summed E-state index contributed by atoms with van der Waals surface area (Å²) >= 11 is 0. The van der Waals surface area contributed by atoms with Crippen LogP contribution in [0.5, 0.6) is 0 Å². The van der Waals surface area contributed by atoms with Gasteiger partial charge in [-0.05, 0) is 24.1 Å². The van der Waals surface area contributed by atoms with Crippen molar-refractivity contribution < 1.29 is 19.4 Å². The highest BCUT2D eigenvalue weighted by Gasteiger charge is 2.11. The largest absolute Gasteiger partial charge is 0.446 e. The van der Waals surface area contributed by atoms with Gasteiger partial charge in [-0.15, -0.1) is 0 Å². The van der Waals surface area contributed by atoms with Gasteiger partial charge in [0.1, 0.15) is 6.10 Å². The zero-order chi connectivity index (χ0) is 15.7. The van der Waals surface area contributed by atoms with E-state index in [9.17, 15) is 9.59 Å². The highest BCUT2D eigenvalue weighted by Crippen LogP contribution is 2.10. The molecule has 1 atom stereocenters. The number of anilines is 1.